The minimum atomic E-state index is -0.0995. The van der Waals surface area contributed by atoms with Crippen molar-refractivity contribution in [2.75, 3.05) is 13.2 Å². The van der Waals surface area contributed by atoms with E-state index in [9.17, 15) is 4.79 Å². The maximum Gasteiger partial charge on any atom is 0.256 e. The van der Waals surface area contributed by atoms with Crippen LogP contribution >= 0.6 is 0 Å². The Hall–Kier alpha value is -2.93. The van der Waals surface area contributed by atoms with Gasteiger partial charge >= 0.3 is 0 Å². The Morgan fingerprint density at radius 3 is 3.04 bits per heavy atom. The van der Waals surface area contributed by atoms with Crippen LogP contribution in [-0.4, -0.2) is 33.0 Å². The molecular weight excluding hydrogens is 356 g/mol. The van der Waals surface area contributed by atoms with Gasteiger partial charge in [0.15, 0.2) is 11.6 Å². The number of rotatable bonds is 6. The quantitative estimate of drug-likeness (QED) is 0.710. The highest BCUT2D eigenvalue weighted by atomic mass is 16.5. The van der Waals surface area contributed by atoms with Crippen molar-refractivity contribution in [2.45, 2.75) is 32.4 Å². The van der Waals surface area contributed by atoms with Crippen molar-refractivity contribution in [2.24, 2.45) is 5.92 Å². The maximum atomic E-state index is 12.6. The van der Waals surface area contributed by atoms with Gasteiger partial charge in [-0.05, 0) is 37.0 Å². The Morgan fingerprint density at radius 2 is 2.21 bits per heavy atom. The number of nitrogens with one attached hydrogen (secondary N) is 1. The molecule has 1 saturated carbocycles. The largest absolute Gasteiger partial charge is 0.477 e. The molecule has 4 heterocycles. The molecule has 2 aliphatic rings. The molecular formula is C21H22N4O3. The molecule has 0 bridgehead atoms. The van der Waals surface area contributed by atoms with Crippen LogP contribution in [-0.2, 0) is 19.5 Å². The maximum absolute atomic E-state index is 12.6. The lowest BCUT2D eigenvalue weighted by Gasteiger charge is -2.28. The molecule has 1 fully saturated rings. The molecule has 0 atom stereocenters. The standard InChI is InChI=1S/C21H22N4O3/c26-20-16-12-25(9-7-17(16)23-19(24-20)18-4-2-10-27-18)11-15-3-1-8-22-21(15)28-13-14-5-6-14/h1-4,8,10,14H,5-7,9,11-13H2,(H,23,24,26). The molecule has 5 rings (SSSR count). The van der Waals surface area contributed by atoms with E-state index >= 15 is 0 Å². The summed E-state index contributed by atoms with van der Waals surface area (Å²) >= 11 is 0. The van der Waals surface area contributed by atoms with Gasteiger partial charge in [-0.3, -0.25) is 9.69 Å². The average Bonchev–Trinajstić information content (AvgIpc) is 3.38. The molecule has 1 aliphatic carbocycles. The number of nitrogens with zero attached hydrogens (tertiary/aromatic N) is 3. The van der Waals surface area contributed by atoms with E-state index < -0.39 is 0 Å². The van der Waals surface area contributed by atoms with Crippen LogP contribution < -0.4 is 10.3 Å². The fraction of sp³-hybridized carbons (Fsp3) is 0.381. The third kappa shape index (κ3) is 3.57. The number of fused-ring (bicyclic) bond motifs is 1. The Kier molecular flexibility index (Phi) is 4.44. The van der Waals surface area contributed by atoms with Gasteiger partial charge in [-0.2, -0.15) is 0 Å². The van der Waals surface area contributed by atoms with Gasteiger partial charge in [0.05, 0.1) is 24.1 Å². The molecule has 7 heteroatoms. The molecule has 0 amide bonds. The summed E-state index contributed by atoms with van der Waals surface area (Å²) in [6, 6.07) is 7.56. The van der Waals surface area contributed by atoms with Crippen LogP contribution in [0.5, 0.6) is 5.88 Å². The van der Waals surface area contributed by atoms with Crippen molar-refractivity contribution in [1.82, 2.24) is 19.9 Å². The minimum absolute atomic E-state index is 0.0995. The number of aromatic nitrogens is 3. The normalized spacial score (nSPS) is 16.7. The van der Waals surface area contributed by atoms with Crippen LogP contribution in [0.25, 0.3) is 11.6 Å². The number of aromatic amines is 1. The zero-order valence-electron chi connectivity index (χ0n) is 15.6. The Balaban J connectivity index is 1.33. The third-order valence-electron chi connectivity index (χ3n) is 5.30. The zero-order valence-corrected chi connectivity index (χ0v) is 15.6. The van der Waals surface area contributed by atoms with Gasteiger partial charge in [0.2, 0.25) is 5.88 Å². The minimum Gasteiger partial charge on any atom is -0.477 e. The summed E-state index contributed by atoms with van der Waals surface area (Å²) < 4.78 is 11.3. The van der Waals surface area contributed by atoms with E-state index in [1.54, 1.807) is 24.6 Å². The molecule has 0 aromatic carbocycles. The highest BCUT2D eigenvalue weighted by Gasteiger charge is 2.25. The number of furan rings is 1. The van der Waals surface area contributed by atoms with Crippen LogP contribution in [0.3, 0.4) is 0 Å². The first-order valence-corrected chi connectivity index (χ1v) is 9.71. The highest BCUT2D eigenvalue weighted by Crippen LogP contribution is 2.30. The van der Waals surface area contributed by atoms with E-state index in [1.807, 2.05) is 12.1 Å². The van der Waals surface area contributed by atoms with Crippen molar-refractivity contribution >= 4 is 0 Å². The number of ether oxygens (including phenoxy) is 1. The molecule has 3 aromatic rings. The second kappa shape index (κ2) is 7.24. The average molecular weight is 378 g/mol. The van der Waals surface area contributed by atoms with Crippen LogP contribution in [0, 0.1) is 5.92 Å². The van der Waals surface area contributed by atoms with Crippen LogP contribution in [0.2, 0.25) is 0 Å². The van der Waals surface area contributed by atoms with E-state index in [1.165, 1.54) is 12.8 Å². The topological polar surface area (TPSA) is 84.3 Å². The lowest BCUT2D eigenvalue weighted by molar-refractivity contribution is 0.230. The molecule has 1 N–H and O–H groups in total. The summed E-state index contributed by atoms with van der Waals surface area (Å²) in [4.78, 5) is 26.7. The van der Waals surface area contributed by atoms with E-state index in [2.05, 4.69) is 19.9 Å². The van der Waals surface area contributed by atoms with Gasteiger partial charge in [0, 0.05) is 37.8 Å². The molecule has 0 unspecified atom stereocenters. The zero-order chi connectivity index (χ0) is 18.9. The van der Waals surface area contributed by atoms with Crippen molar-refractivity contribution in [3.63, 3.8) is 0 Å². The number of H-pyrrole nitrogens is 1. The van der Waals surface area contributed by atoms with E-state index in [0.29, 0.717) is 36.5 Å². The van der Waals surface area contributed by atoms with E-state index in [0.717, 1.165) is 36.4 Å². The monoisotopic (exact) mass is 378 g/mol. The van der Waals surface area contributed by atoms with Crippen LogP contribution in [0.15, 0.2) is 45.9 Å². The summed E-state index contributed by atoms with van der Waals surface area (Å²) in [5.41, 5.74) is 2.54. The predicted molar refractivity (Wildman–Crippen MR) is 103 cm³/mol. The molecule has 0 spiro atoms. The molecule has 0 saturated heterocycles. The second-order valence-electron chi connectivity index (χ2n) is 7.50. The SMILES string of the molecule is O=c1[nH]c(-c2ccco2)nc2c1CN(Cc1cccnc1OCC1CC1)CC2. The summed E-state index contributed by atoms with van der Waals surface area (Å²) in [5, 5.41) is 0. The molecule has 1 aliphatic heterocycles. The first kappa shape index (κ1) is 17.2. The van der Waals surface area contributed by atoms with Crippen molar-refractivity contribution < 1.29 is 9.15 Å². The Labute approximate surface area is 162 Å². The number of pyridine rings is 1. The third-order valence-corrected chi connectivity index (χ3v) is 5.30. The second-order valence-corrected chi connectivity index (χ2v) is 7.50. The molecule has 3 aromatic heterocycles. The van der Waals surface area contributed by atoms with E-state index in [4.69, 9.17) is 9.15 Å². The summed E-state index contributed by atoms with van der Waals surface area (Å²) in [6.45, 7) is 2.84. The molecule has 7 nitrogen and oxygen atoms in total. The lowest BCUT2D eigenvalue weighted by atomic mass is 10.1. The fourth-order valence-corrected chi connectivity index (χ4v) is 3.54. The van der Waals surface area contributed by atoms with Crippen LogP contribution in [0.4, 0.5) is 0 Å². The van der Waals surface area contributed by atoms with Gasteiger partial charge in [-0.15, -0.1) is 0 Å². The smallest absolute Gasteiger partial charge is 0.256 e. The molecule has 0 radical (unpaired) electrons. The Morgan fingerprint density at radius 1 is 1.29 bits per heavy atom. The first-order valence-electron chi connectivity index (χ1n) is 9.71. The first-order chi connectivity index (χ1) is 13.8. The Bertz CT molecular complexity index is 1020. The summed E-state index contributed by atoms with van der Waals surface area (Å²) in [5.74, 6) is 2.46. The number of hydrogen-bond donors (Lipinski definition) is 1. The summed E-state index contributed by atoms with van der Waals surface area (Å²) in [7, 11) is 0. The van der Waals surface area contributed by atoms with Gasteiger partial charge < -0.3 is 14.1 Å². The van der Waals surface area contributed by atoms with Gasteiger partial charge in [-0.1, -0.05) is 6.07 Å². The van der Waals surface area contributed by atoms with Gasteiger partial charge in [-0.25, -0.2) is 9.97 Å². The van der Waals surface area contributed by atoms with E-state index in [-0.39, 0.29) is 5.56 Å². The van der Waals surface area contributed by atoms with Crippen molar-refractivity contribution in [3.8, 4) is 17.5 Å². The van der Waals surface area contributed by atoms with Crippen LogP contribution in [0.1, 0.15) is 29.7 Å². The predicted octanol–water partition coefficient (Wildman–Crippen LogP) is 2.77. The van der Waals surface area contributed by atoms with Gasteiger partial charge in [0.1, 0.15) is 0 Å². The molecule has 144 valence electrons. The van der Waals surface area contributed by atoms with Crippen molar-refractivity contribution in [3.05, 3.63) is 63.9 Å². The summed E-state index contributed by atoms with van der Waals surface area (Å²) in [6.07, 6.45) is 6.57. The fourth-order valence-electron chi connectivity index (χ4n) is 3.54. The lowest BCUT2D eigenvalue weighted by Crippen LogP contribution is -2.35. The highest BCUT2D eigenvalue weighted by molar-refractivity contribution is 5.47. The molecule has 28 heavy (non-hydrogen) atoms. The number of hydrogen-bond acceptors (Lipinski definition) is 6. The van der Waals surface area contributed by atoms with Gasteiger partial charge in [0.25, 0.3) is 5.56 Å². The van der Waals surface area contributed by atoms with Crippen molar-refractivity contribution in [1.29, 1.82) is 0 Å².